The Hall–Kier alpha value is -1.90. The minimum atomic E-state index is -3.20. The first kappa shape index (κ1) is 20.4. The van der Waals surface area contributed by atoms with Crippen LogP contribution in [0.5, 0.6) is 0 Å². The molecule has 0 aliphatic heterocycles. The Morgan fingerprint density at radius 2 is 1.96 bits per heavy atom. The van der Waals surface area contributed by atoms with Crippen LogP contribution in [0.15, 0.2) is 41.3 Å². The van der Waals surface area contributed by atoms with Gasteiger partial charge in [0.15, 0.2) is 0 Å². The molecule has 0 saturated carbocycles. The normalized spacial score (nSPS) is 11.7. The number of hydrogen-bond acceptors (Lipinski definition) is 5. The number of benzene rings is 1. The van der Waals surface area contributed by atoms with E-state index < -0.39 is 10.0 Å². The third kappa shape index (κ3) is 5.55. The van der Waals surface area contributed by atoms with Gasteiger partial charge >= 0.3 is 0 Å². The van der Waals surface area contributed by atoms with Crippen LogP contribution in [0.1, 0.15) is 18.9 Å². The number of sulfonamides is 1. The Morgan fingerprint density at radius 1 is 1.27 bits per heavy atom. The minimum absolute atomic E-state index is 0.0754. The van der Waals surface area contributed by atoms with Gasteiger partial charge in [0, 0.05) is 19.6 Å². The third-order valence-corrected chi connectivity index (χ3v) is 5.63. The molecule has 0 radical (unpaired) electrons. The lowest BCUT2D eigenvalue weighted by molar-refractivity contribution is 0.428. The van der Waals surface area contributed by atoms with Crippen LogP contribution in [-0.4, -0.2) is 48.4 Å². The van der Waals surface area contributed by atoms with Gasteiger partial charge in [-0.25, -0.2) is 17.4 Å². The standard InChI is InChI=1S/C17H23ClN4O3S/c1-3-21(26(2,24)25)11-7-10-19-15-12-20-22(17(23)16(15)18)13-14-8-5-4-6-9-14/h4-6,8-9,12,19H,3,7,10-11,13H2,1-2H3. The van der Waals surface area contributed by atoms with Crippen LogP contribution < -0.4 is 10.9 Å². The SMILES string of the molecule is CCN(CCCNc1cnn(Cc2ccccc2)c(=O)c1Cl)S(C)(=O)=O. The summed E-state index contributed by atoms with van der Waals surface area (Å²) in [6.45, 7) is 3.45. The van der Waals surface area contributed by atoms with Crippen LogP contribution in [0, 0.1) is 0 Å². The number of halogens is 1. The van der Waals surface area contributed by atoms with Crippen molar-refractivity contribution in [1.82, 2.24) is 14.1 Å². The van der Waals surface area contributed by atoms with Crippen molar-refractivity contribution in [3.63, 3.8) is 0 Å². The molecule has 0 spiro atoms. The molecule has 9 heteroatoms. The monoisotopic (exact) mass is 398 g/mol. The fraction of sp³-hybridized carbons (Fsp3) is 0.412. The molecule has 142 valence electrons. The van der Waals surface area contributed by atoms with Crippen molar-refractivity contribution in [1.29, 1.82) is 0 Å². The van der Waals surface area contributed by atoms with Crippen molar-refractivity contribution in [2.75, 3.05) is 31.2 Å². The molecule has 0 aliphatic rings. The lowest BCUT2D eigenvalue weighted by Gasteiger charge is -2.18. The second kappa shape index (κ2) is 9.16. The zero-order chi connectivity index (χ0) is 19.2. The molecular weight excluding hydrogens is 376 g/mol. The summed E-state index contributed by atoms with van der Waals surface area (Å²) < 4.78 is 25.8. The Balaban J connectivity index is 1.97. The van der Waals surface area contributed by atoms with E-state index in [0.717, 1.165) is 5.56 Å². The van der Waals surface area contributed by atoms with Gasteiger partial charge in [-0.2, -0.15) is 5.10 Å². The molecule has 26 heavy (non-hydrogen) atoms. The molecular formula is C17H23ClN4O3S. The van der Waals surface area contributed by atoms with Gasteiger partial charge in [-0.3, -0.25) is 4.79 Å². The summed E-state index contributed by atoms with van der Waals surface area (Å²) in [4.78, 5) is 12.4. The van der Waals surface area contributed by atoms with Crippen molar-refractivity contribution in [2.24, 2.45) is 0 Å². The molecule has 0 saturated heterocycles. The van der Waals surface area contributed by atoms with Crippen molar-refractivity contribution in [3.05, 3.63) is 57.5 Å². The Labute approximate surface area is 158 Å². The smallest absolute Gasteiger partial charge is 0.287 e. The van der Waals surface area contributed by atoms with E-state index in [0.29, 0.717) is 38.3 Å². The molecule has 1 aromatic carbocycles. The molecule has 0 bridgehead atoms. The van der Waals surface area contributed by atoms with Gasteiger partial charge in [0.1, 0.15) is 5.02 Å². The molecule has 0 fully saturated rings. The number of rotatable bonds is 9. The van der Waals surface area contributed by atoms with Crippen LogP contribution >= 0.6 is 11.6 Å². The first-order valence-corrected chi connectivity index (χ1v) is 10.5. The summed E-state index contributed by atoms with van der Waals surface area (Å²) in [5, 5.41) is 7.28. The van der Waals surface area contributed by atoms with Gasteiger partial charge in [-0.1, -0.05) is 48.9 Å². The van der Waals surface area contributed by atoms with Crippen molar-refractivity contribution < 1.29 is 8.42 Å². The molecule has 2 aromatic rings. The van der Waals surface area contributed by atoms with Crippen LogP contribution in [0.3, 0.4) is 0 Å². The maximum Gasteiger partial charge on any atom is 0.287 e. The lowest BCUT2D eigenvalue weighted by Crippen LogP contribution is -2.31. The summed E-state index contributed by atoms with van der Waals surface area (Å²) in [5.74, 6) is 0. The van der Waals surface area contributed by atoms with Gasteiger partial charge in [-0.05, 0) is 12.0 Å². The first-order chi connectivity index (χ1) is 12.3. The quantitative estimate of drug-likeness (QED) is 0.653. The summed E-state index contributed by atoms with van der Waals surface area (Å²) in [6.07, 6.45) is 3.29. The molecule has 2 rings (SSSR count). The Bertz CT molecular complexity index is 885. The molecule has 1 N–H and O–H groups in total. The summed E-state index contributed by atoms with van der Waals surface area (Å²) in [6, 6.07) is 9.52. The van der Waals surface area contributed by atoms with Crippen molar-refractivity contribution >= 4 is 27.3 Å². The van der Waals surface area contributed by atoms with Crippen LogP contribution in [0.2, 0.25) is 5.02 Å². The zero-order valence-corrected chi connectivity index (χ0v) is 16.4. The Kier molecular flexibility index (Phi) is 7.19. The number of hydrogen-bond donors (Lipinski definition) is 1. The predicted molar refractivity (Wildman–Crippen MR) is 104 cm³/mol. The highest BCUT2D eigenvalue weighted by atomic mass is 35.5. The second-order valence-corrected chi connectivity index (χ2v) is 8.22. The van der Waals surface area contributed by atoms with Crippen molar-refractivity contribution in [2.45, 2.75) is 19.9 Å². The minimum Gasteiger partial charge on any atom is -0.382 e. The fourth-order valence-electron chi connectivity index (χ4n) is 2.49. The van der Waals surface area contributed by atoms with Gasteiger partial charge in [-0.15, -0.1) is 0 Å². The summed E-state index contributed by atoms with van der Waals surface area (Å²) in [7, 11) is -3.20. The van der Waals surface area contributed by atoms with Gasteiger partial charge in [0.05, 0.1) is 24.7 Å². The molecule has 0 unspecified atom stereocenters. The van der Waals surface area contributed by atoms with E-state index in [2.05, 4.69) is 10.4 Å². The average Bonchev–Trinajstić information content (AvgIpc) is 2.60. The first-order valence-electron chi connectivity index (χ1n) is 8.31. The Morgan fingerprint density at radius 3 is 2.58 bits per heavy atom. The van der Waals surface area contributed by atoms with E-state index in [1.54, 1.807) is 6.92 Å². The van der Waals surface area contributed by atoms with Crippen LogP contribution in [-0.2, 0) is 16.6 Å². The maximum absolute atomic E-state index is 12.4. The van der Waals surface area contributed by atoms with E-state index in [1.807, 2.05) is 30.3 Å². The molecule has 7 nitrogen and oxygen atoms in total. The maximum atomic E-state index is 12.4. The molecule has 0 aliphatic carbocycles. The van der Waals surface area contributed by atoms with E-state index in [9.17, 15) is 13.2 Å². The average molecular weight is 399 g/mol. The van der Waals surface area contributed by atoms with E-state index in [4.69, 9.17) is 11.6 Å². The molecule has 0 atom stereocenters. The van der Waals surface area contributed by atoms with E-state index >= 15 is 0 Å². The van der Waals surface area contributed by atoms with Gasteiger partial charge in [0.25, 0.3) is 5.56 Å². The molecule has 0 amide bonds. The highest BCUT2D eigenvalue weighted by molar-refractivity contribution is 7.88. The fourth-order valence-corrected chi connectivity index (χ4v) is 3.64. The zero-order valence-electron chi connectivity index (χ0n) is 14.9. The predicted octanol–water partition coefficient (Wildman–Crippen LogP) is 2.03. The number of nitrogens with zero attached hydrogens (tertiary/aromatic N) is 3. The number of aromatic nitrogens is 2. The summed E-state index contributed by atoms with van der Waals surface area (Å²) in [5.41, 5.74) is 1.04. The largest absolute Gasteiger partial charge is 0.382 e. The van der Waals surface area contributed by atoms with Crippen molar-refractivity contribution in [3.8, 4) is 0 Å². The van der Waals surface area contributed by atoms with Crippen LogP contribution in [0.25, 0.3) is 0 Å². The number of anilines is 1. The van der Waals surface area contributed by atoms with E-state index in [-0.39, 0.29) is 10.6 Å². The lowest BCUT2D eigenvalue weighted by atomic mass is 10.2. The van der Waals surface area contributed by atoms with Gasteiger partial charge < -0.3 is 5.32 Å². The summed E-state index contributed by atoms with van der Waals surface area (Å²) >= 11 is 6.16. The second-order valence-electron chi connectivity index (χ2n) is 5.86. The van der Waals surface area contributed by atoms with Gasteiger partial charge in [0.2, 0.25) is 10.0 Å². The number of nitrogens with one attached hydrogen (secondary N) is 1. The molecule has 1 heterocycles. The molecule has 1 aromatic heterocycles. The topological polar surface area (TPSA) is 84.3 Å². The third-order valence-electron chi connectivity index (χ3n) is 3.88. The van der Waals surface area contributed by atoms with Crippen LogP contribution in [0.4, 0.5) is 5.69 Å². The van der Waals surface area contributed by atoms with E-state index in [1.165, 1.54) is 21.4 Å². The highest BCUT2D eigenvalue weighted by Crippen LogP contribution is 2.15. The highest BCUT2D eigenvalue weighted by Gasteiger charge is 2.14.